The van der Waals surface area contributed by atoms with Crippen LogP contribution in [0.15, 0.2) is 65.8 Å². The molecule has 0 saturated carbocycles. The number of carbonyl (C=O) groups excluding carboxylic acids is 1. The van der Waals surface area contributed by atoms with Gasteiger partial charge in [0.15, 0.2) is 11.6 Å². The van der Waals surface area contributed by atoms with Crippen molar-refractivity contribution in [3.8, 4) is 17.2 Å². The number of piperidine rings is 1. The van der Waals surface area contributed by atoms with Gasteiger partial charge in [-0.1, -0.05) is 12.1 Å². The molecule has 3 aromatic carbocycles. The Morgan fingerprint density at radius 1 is 1.00 bits per heavy atom. The molecule has 11 nitrogen and oxygen atoms in total. The molecule has 1 aromatic heterocycles. The lowest BCUT2D eigenvalue weighted by Gasteiger charge is -2.39. The highest BCUT2D eigenvalue weighted by molar-refractivity contribution is 7.93. The third-order valence-electron chi connectivity index (χ3n) is 8.08. The quantitative estimate of drug-likeness (QED) is 0.164. The SMILES string of the molecule is COc1ccc(CN(c2ncns2)S(=O)(=O)c2cc(F)c(OC[C@H]3CCN(C(=O)OC(C)(C)C)C[C@@H]3c3ccc(F)cc3)cc2F)c(OC)c1. The maximum absolute atomic E-state index is 15.7. The predicted octanol–water partition coefficient (Wildman–Crippen LogP) is 6.79. The summed E-state index contributed by atoms with van der Waals surface area (Å²) in [6.07, 6.45) is 1.07. The van der Waals surface area contributed by atoms with Crippen molar-refractivity contribution in [1.29, 1.82) is 0 Å². The van der Waals surface area contributed by atoms with E-state index in [1.807, 2.05) is 0 Å². The molecule has 0 bridgehead atoms. The van der Waals surface area contributed by atoms with Gasteiger partial charge in [-0.15, -0.1) is 0 Å². The van der Waals surface area contributed by atoms with Crippen LogP contribution in [0.25, 0.3) is 0 Å². The molecule has 0 unspecified atom stereocenters. The van der Waals surface area contributed by atoms with Gasteiger partial charge >= 0.3 is 6.09 Å². The average molecular weight is 735 g/mol. The number of anilines is 1. The van der Waals surface area contributed by atoms with Crippen LogP contribution in [0.5, 0.6) is 17.2 Å². The second-order valence-electron chi connectivity index (χ2n) is 12.6. The Labute approximate surface area is 292 Å². The van der Waals surface area contributed by atoms with Gasteiger partial charge in [-0.05, 0) is 57.0 Å². The van der Waals surface area contributed by atoms with Crippen molar-refractivity contribution in [3.05, 3.63) is 89.5 Å². The Morgan fingerprint density at radius 2 is 1.74 bits per heavy atom. The number of nitrogens with zero attached hydrogens (tertiary/aromatic N) is 4. The minimum atomic E-state index is -4.74. The van der Waals surface area contributed by atoms with Crippen LogP contribution >= 0.6 is 11.5 Å². The van der Waals surface area contributed by atoms with Crippen molar-refractivity contribution in [1.82, 2.24) is 14.3 Å². The molecular weight excluding hydrogens is 698 g/mol. The van der Waals surface area contributed by atoms with Crippen molar-refractivity contribution in [2.24, 2.45) is 5.92 Å². The number of likely N-dealkylation sites (tertiary alicyclic amines) is 1. The van der Waals surface area contributed by atoms with E-state index in [4.69, 9.17) is 18.9 Å². The highest BCUT2D eigenvalue weighted by Gasteiger charge is 2.36. The molecule has 2 heterocycles. The van der Waals surface area contributed by atoms with Crippen LogP contribution in [0.2, 0.25) is 0 Å². The Balaban J connectivity index is 1.38. The molecule has 0 radical (unpaired) electrons. The van der Waals surface area contributed by atoms with E-state index in [-0.39, 0.29) is 36.7 Å². The monoisotopic (exact) mass is 734 g/mol. The normalized spacial score (nSPS) is 16.5. The fraction of sp³-hybridized carbons (Fsp3) is 0.382. The summed E-state index contributed by atoms with van der Waals surface area (Å²) in [5.74, 6) is -3.13. The maximum Gasteiger partial charge on any atom is 0.410 e. The lowest BCUT2D eigenvalue weighted by atomic mass is 9.81. The highest BCUT2D eigenvalue weighted by atomic mass is 32.2. The Morgan fingerprint density at radius 3 is 2.38 bits per heavy atom. The number of methoxy groups -OCH3 is 2. The zero-order valence-electron chi connectivity index (χ0n) is 28.1. The smallest absolute Gasteiger partial charge is 0.410 e. The van der Waals surface area contributed by atoms with Crippen molar-refractivity contribution in [2.75, 3.05) is 38.2 Å². The van der Waals surface area contributed by atoms with E-state index in [0.717, 1.165) is 27.7 Å². The Bertz CT molecular complexity index is 1910. The molecule has 5 rings (SSSR count). The van der Waals surface area contributed by atoms with Gasteiger partial charge in [0, 0.05) is 60.2 Å². The lowest BCUT2D eigenvalue weighted by Crippen LogP contribution is -2.46. The first-order valence-corrected chi connectivity index (χ1v) is 17.8. The average Bonchev–Trinajstić information content (AvgIpc) is 3.61. The van der Waals surface area contributed by atoms with Gasteiger partial charge in [-0.2, -0.15) is 4.37 Å². The number of ether oxygens (including phenoxy) is 4. The predicted molar refractivity (Wildman–Crippen MR) is 180 cm³/mol. The molecule has 1 fully saturated rings. The first-order chi connectivity index (χ1) is 23.7. The van der Waals surface area contributed by atoms with E-state index >= 15 is 8.78 Å². The molecule has 0 N–H and O–H groups in total. The summed E-state index contributed by atoms with van der Waals surface area (Å²) < 4.78 is 99.6. The van der Waals surface area contributed by atoms with E-state index < -0.39 is 49.8 Å². The summed E-state index contributed by atoms with van der Waals surface area (Å²) in [6.45, 7) is 5.40. The van der Waals surface area contributed by atoms with Gasteiger partial charge < -0.3 is 23.8 Å². The van der Waals surface area contributed by atoms with E-state index in [1.165, 1.54) is 26.4 Å². The van der Waals surface area contributed by atoms with Crippen LogP contribution in [0.4, 0.5) is 23.1 Å². The second-order valence-corrected chi connectivity index (χ2v) is 15.2. The zero-order valence-corrected chi connectivity index (χ0v) is 29.7. The number of carbonyl (C=O) groups is 1. The second kappa shape index (κ2) is 15.1. The maximum atomic E-state index is 15.7. The summed E-state index contributed by atoms with van der Waals surface area (Å²) >= 11 is 0.760. The van der Waals surface area contributed by atoms with Crippen molar-refractivity contribution in [3.63, 3.8) is 0 Å². The minimum Gasteiger partial charge on any atom is -0.497 e. The lowest BCUT2D eigenvalue weighted by molar-refractivity contribution is 0.0129. The fourth-order valence-electron chi connectivity index (χ4n) is 5.58. The van der Waals surface area contributed by atoms with Crippen LogP contribution in [0.3, 0.4) is 0 Å². The van der Waals surface area contributed by atoms with Crippen LogP contribution in [-0.2, 0) is 21.3 Å². The fourth-order valence-corrected chi connectivity index (χ4v) is 7.77. The molecule has 1 aliphatic heterocycles. The number of hydrogen-bond donors (Lipinski definition) is 0. The van der Waals surface area contributed by atoms with Gasteiger partial charge in [0.2, 0.25) is 5.13 Å². The molecule has 2 atom stereocenters. The van der Waals surface area contributed by atoms with E-state index in [1.54, 1.807) is 56.0 Å². The van der Waals surface area contributed by atoms with Gasteiger partial charge in [0.05, 0.1) is 27.4 Å². The molecule has 4 aromatic rings. The third-order valence-corrected chi connectivity index (χ3v) is 10.6. The van der Waals surface area contributed by atoms with Gasteiger partial charge in [0.1, 0.15) is 40.0 Å². The largest absolute Gasteiger partial charge is 0.497 e. The van der Waals surface area contributed by atoms with Crippen molar-refractivity contribution >= 4 is 32.8 Å². The third kappa shape index (κ3) is 8.41. The number of halogens is 3. The summed E-state index contributed by atoms with van der Waals surface area (Å²) in [5.41, 5.74) is 0.424. The molecule has 50 heavy (non-hydrogen) atoms. The number of sulfonamides is 1. The minimum absolute atomic E-state index is 0.0763. The molecule has 16 heteroatoms. The highest BCUT2D eigenvalue weighted by Crippen LogP contribution is 2.37. The van der Waals surface area contributed by atoms with Crippen LogP contribution in [-0.4, -0.2) is 68.3 Å². The van der Waals surface area contributed by atoms with Gasteiger partial charge in [0.25, 0.3) is 10.0 Å². The number of aromatic nitrogens is 2. The Hall–Kier alpha value is -4.57. The topological polar surface area (TPSA) is 120 Å². The first-order valence-electron chi connectivity index (χ1n) is 15.6. The van der Waals surface area contributed by atoms with Crippen LogP contribution in [0, 0.1) is 23.4 Å². The van der Waals surface area contributed by atoms with Crippen molar-refractivity contribution < 1.29 is 45.3 Å². The molecule has 1 amide bonds. The van der Waals surface area contributed by atoms with Crippen LogP contribution in [0.1, 0.15) is 44.2 Å². The summed E-state index contributed by atoms with van der Waals surface area (Å²) in [7, 11) is -1.87. The van der Waals surface area contributed by atoms with Crippen molar-refractivity contribution in [2.45, 2.75) is 50.2 Å². The van der Waals surface area contributed by atoms with Gasteiger partial charge in [-0.3, -0.25) is 0 Å². The molecule has 0 spiro atoms. The van der Waals surface area contributed by atoms with E-state index in [2.05, 4.69) is 9.36 Å². The van der Waals surface area contributed by atoms with Crippen LogP contribution < -0.4 is 18.5 Å². The first kappa shape index (κ1) is 36.7. The molecule has 1 aliphatic rings. The Kier molecular flexibility index (Phi) is 11.1. The summed E-state index contributed by atoms with van der Waals surface area (Å²) in [6, 6.07) is 11.9. The van der Waals surface area contributed by atoms with E-state index in [0.29, 0.717) is 42.2 Å². The number of benzene rings is 3. The molecular formula is C34H37F3N4O7S2. The number of rotatable bonds is 11. The standard InChI is InChI=1S/C34H37F3N4O7S2/c1-34(2,3)48-33(42)40-13-12-23(26(18-40)21-6-9-24(35)10-7-21)19-47-30-15-28(37)31(16-27(30)36)50(43,44)41(32-38-20-39-49-32)17-22-8-11-25(45-4)14-29(22)46-5/h6-11,14-16,20,23,26H,12-13,17-19H2,1-5H3/t23-,26-/m1/s1. The molecule has 0 aliphatic carbocycles. The summed E-state index contributed by atoms with van der Waals surface area (Å²) in [4.78, 5) is 17.5. The van der Waals surface area contributed by atoms with E-state index in [9.17, 15) is 17.6 Å². The zero-order chi connectivity index (χ0) is 36.2. The van der Waals surface area contributed by atoms with Gasteiger partial charge in [-0.25, -0.2) is 35.7 Å². The molecule has 268 valence electrons. The number of amides is 1. The molecule has 1 saturated heterocycles. The number of hydrogen-bond acceptors (Lipinski definition) is 10. The summed E-state index contributed by atoms with van der Waals surface area (Å²) in [5, 5.41) is -0.0763.